The molecule has 1 aromatic rings. The van der Waals surface area contributed by atoms with Gasteiger partial charge in [0.15, 0.2) is 11.6 Å². The highest BCUT2D eigenvalue weighted by atomic mass is 19.1. The predicted molar refractivity (Wildman–Crippen MR) is 78.9 cm³/mol. The Labute approximate surface area is 124 Å². The van der Waals surface area contributed by atoms with E-state index in [4.69, 9.17) is 4.74 Å². The summed E-state index contributed by atoms with van der Waals surface area (Å²) in [5.41, 5.74) is 0. The number of ether oxygens (including phenoxy) is 1. The topological polar surface area (TPSA) is 28.6 Å². The van der Waals surface area contributed by atoms with E-state index in [0.717, 1.165) is 39.3 Å². The van der Waals surface area contributed by atoms with Gasteiger partial charge in [-0.2, -0.15) is 0 Å². The lowest BCUT2D eigenvalue weighted by Gasteiger charge is -2.37. The smallest absolute Gasteiger partial charge is 0.165 e. The Morgan fingerprint density at radius 1 is 1.33 bits per heavy atom. The zero-order chi connectivity index (χ0) is 14.2. The minimum absolute atomic E-state index is 0.197. The summed E-state index contributed by atoms with van der Waals surface area (Å²) >= 11 is 0. The monoisotopic (exact) mass is 291 g/mol. The van der Waals surface area contributed by atoms with Gasteiger partial charge in [-0.1, -0.05) is 0 Å². The summed E-state index contributed by atoms with van der Waals surface area (Å²) in [4.78, 5) is 8.98. The van der Waals surface area contributed by atoms with Gasteiger partial charge in [-0.15, -0.1) is 0 Å². The molecule has 0 N–H and O–H groups in total. The number of halogens is 1. The lowest BCUT2D eigenvalue weighted by molar-refractivity contribution is 0.0355. The molecule has 4 heterocycles. The number of pyridine rings is 1. The zero-order valence-corrected chi connectivity index (χ0v) is 12.2. The van der Waals surface area contributed by atoms with Crippen LogP contribution in [0, 0.1) is 11.7 Å². The summed E-state index contributed by atoms with van der Waals surface area (Å²) in [6.45, 7) is 4.92. The number of aromatic nitrogens is 1. The fourth-order valence-corrected chi connectivity index (χ4v) is 4.10. The molecular formula is C16H22FN3O. The van der Waals surface area contributed by atoms with Gasteiger partial charge in [0.2, 0.25) is 0 Å². The van der Waals surface area contributed by atoms with Crippen molar-refractivity contribution in [2.75, 3.05) is 37.7 Å². The first kappa shape index (κ1) is 13.5. The van der Waals surface area contributed by atoms with Crippen molar-refractivity contribution >= 4 is 5.82 Å². The normalized spacial score (nSPS) is 32.8. The summed E-state index contributed by atoms with van der Waals surface area (Å²) in [5, 5.41) is 0. The van der Waals surface area contributed by atoms with Crippen molar-refractivity contribution in [3.63, 3.8) is 0 Å². The van der Waals surface area contributed by atoms with Crippen molar-refractivity contribution in [3.05, 3.63) is 24.1 Å². The molecule has 4 rings (SSSR count). The third kappa shape index (κ3) is 2.53. The molecule has 1 aromatic heterocycles. The zero-order valence-electron chi connectivity index (χ0n) is 12.2. The van der Waals surface area contributed by atoms with Crippen LogP contribution >= 0.6 is 0 Å². The Bertz CT molecular complexity index is 506. The SMILES string of the molecule is Fc1cccnc1N1CC2CC1CN2CC1CCCOC1. The predicted octanol–water partition coefficient (Wildman–Crippen LogP) is 1.91. The summed E-state index contributed by atoms with van der Waals surface area (Å²) in [6.07, 6.45) is 5.30. The van der Waals surface area contributed by atoms with Crippen LogP contribution in [-0.2, 0) is 4.74 Å². The first-order chi connectivity index (χ1) is 10.3. The van der Waals surface area contributed by atoms with Gasteiger partial charge < -0.3 is 9.64 Å². The average molecular weight is 291 g/mol. The molecular weight excluding hydrogens is 269 g/mol. The van der Waals surface area contributed by atoms with Crippen LogP contribution in [0.5, 0.6) is 0 Å². The largest absolute Gasteiger partial charge is 0.381 e. The van der Waals surface area contributed by atoms with Crippen molar-refractivity contribution in [1.29, 1.82) is 0 Å². The van der Waals surface area contributed by atoms with Gasteiger partial charge in [-0.25, -0.2) is 9.37 Å². The first-order valence-corrected chi connectivity index (χ1v) is 8.00. The Balaban J connectivity index is 1.40. The molecule has 2 bridgehead atoms. The van der Waals surface area contributed by atoms with Crippen LogP contribution in [0.4, 0.5) is 10.2 Å². The van der Waals surface area contributed by atoms with E-state index in [-0.39, 0.29) is 5.82 Å². The van der Waals surface area contributed by atoms with E-state index in [9.17, 15) is 4.39 Å². The molecule has 4 nitrogen and oxygen atoms in total. The molecule has 0 aromatic carbocycles. The van der Waals surface area contributed by atoms with E-state index in [0.29, 0.717) is 23.8 Å². The van der Waals surface area contributed by atoms with Gasteiger partial charge in [0.25, 0.3) is 0 Å². The maximum absolute atomic E-state index is 13.9. The minimum atomic E-state index is -0.197. The Kier molecular flexibility index (Phi) is 3.55. The molecule has 5 heteroatoms. The molecule has 3 saturated heterocycles. The molecule has 3 atom stereocenters. The van der Waals surface area contributed by atoms with Crippen molar-refractivity contribution < 1.29 is 9.13 Å². The highest BCUT2D eigenvalue weighted by molar-refractivity contribution is 5.44. The van der Waals surface area contributed by atoms with Crippen LogP contribution in [0.3, 0.4) is 0 Å². The second-order valence-corrected chi connectivity index (χ2v) is 6.54. The van der Waals surface area contributed by atoms with Gasteiger partial charge >= 0.3 is 0 Å². The Morgan fingerprint density at radius 3 is 3.00 bits per heavy atom. The fourth-order valence-electron chi connectivity index (χ4n) is 4.10. The van der Waals surface area contributed by atoms with E-state index in [2.05, 4.69) is 14.8 Å². The van der Waals surface area contributed by atoms with Gasteiger partial charge in [0.1, 0.15) is 0 Å². The van der Waals surface area contributed by atoms with E-state index in [1.807, 2.05) is 0 Å². The van der Waals surface area contributed by atoms with E-state index in [1.165, 1.54) is 18.9 Å². The summed E-state index contributed by atoms with van der Waals surface area (Å²) in [6, 6.07) is 4.14. The standard InChI is InChI=1S/C16H22FN3O/c17-15-4-1-5-18-16(15)20-10-13-7-14(20)9-19(13)8-12-3-2-6-21-11-12/h1,4-5,12-14H,2-3,6-11H2. The number of fused-ring (bicyclic) bond motifs is 2. The first-order valence-electron chi connectivity index (χ1n) is 8.00. The highest BCUT2D eigenvalue weighted by Crippen LogP contribution is 2.35. The van der Waals surface area contributed by atoms with Crippen molar-refractivity contribution in [1.82, 2.24) is 9.88 Å². The van der Waals surface area contributed by atoms with E-state index >= 15 is 0 Å². The third-order valence-electron chi connectivity index (χ3n) is 5.11. The fraction of sp³-hybridized carbons (Fsp3) is 0.688. The molecule has 114 valence electrons. The Hall–Kier alpha value is -1.20. The van der Waals surface area contributed by atoms with Crippen LogP contribution in [0.2, 0.25) is 0 Å². The maximum atomic E-state index is 13.9. The molecule has 0 spiro atoms. The number of anilines is 1. The number of piperazine rings is 1. The van der Waals surface area contributed by atoms with Gasteiger partial charge in [-0.05, 0) is 37.3 Å². The lowest BCUT2D eigenvalue weighted by Crippen LogP contribution is -2.49. The number of rotatable bonds is 3. The van der Waals surface area contributed by atoms with Crippen LogP contribution < -0.4 is 4.90 Å². The third-order valence-corrected chi connectivity index (χ3v) is 5.11. The van der Waals surface area contributed by atoms with Crippen LogP contribution in [0.1, 0.15) is 19.3 Å². The van der Waals surface area contributed by atoms with Crippen LogP contribution in [0.15, 0.2) is 18.3 Å². The summed E-state index contributed by atoms with van der Waals surface area (Å²) in [7, 11) is 0. The lowest BCUT2D eigenvalue weighted by atomic mass is 10.0. The molecule has 0 saturated carbocycles. The molecule has 3 aliphatic heterocycles. The quantitative estimate of drug-likeness (QED) is 0.850. The van der Waals surface area contributed by atoms with Gasteiger partial charge in [-0.3, -0.25) is 4.90 Å². The molecule has 0 aliphatic carbocycles. The number of hydrogen-bond donors (Lipinski definition) is 0. The van der Waals surface area contributed by atoms with Crippen molar-refractivity contribution in [2.45, 2.75) is 31.3 Å². The average Bonchev–Trinajstić information content (AvgIpc) is 3.09. The van der Waals surface area contributed by atoms with E-state index in [1.54, 1.807) is 12.3 Å². The number of nitrogens with zero attached hydrogens (tertiary/aromatic N) is 3. The second kappa shape index (κ2) is 5.54. The molecule has 3 fully saturated rings. The molecule has 3 unspecified atom stereocenters. The van der Waals surface area contributed by atoms with Gasteiger partial charge in [0, 0.05) is 44.5 Å². The van der Waals surface area contributed by atoms with Crippen molar-refractivity contribution in [2.24, 2.45) is 5.92 Å². The molecule has 0 radical (unpaired) electrons. The summed E-state index contributed by atoms with van der Waals surface area (Å²) < 4.78 is 19.5. The number of hydrogen-bond acceptors (Lipinski definition) is 4. The second-order valence-electron chi connectivity index (χ2n) is 6.54. The van der Waals surface area contributed by atoms with Gasteiger partial charge in [0.05, 0.1) is 6.61 Å². The van der Waals surface area contributed by atoms with Crippen molar-refractivity contribution in [3.8, 4) is 0 Å². The Morgan fingerprint density at radius 2 is 2.29 bits per heavy atom. The summed E-state index contributed by atoms with van der Waals surface area (Å²) in [5.74, 6) is 1.01. The molecule has 21 heavy (non-hydrogen) atoms. The van der Waals surface area contributed by atoms with Crippen LogP contribution in [-0.4, -0.2) is 54.8 Å². The minimum Gasteiger partial charge on any atom is -0.381 e. The highest BCUT2D eigenvalue weighted by Gasteiger charge is 2.44. The molecule has 0 amide bonds. The number of likely N-dealkylation sites (tertiary alicyclic amines) is 1. The van der Waals surface area contributed by atoms with Crippen LogP contribution in [0.25, 0.3) is 0 Å². The maximum Gasteiger partial charge on any atom is 0.165 e. The molecule has 3 aliphatic rings. The van der Waals surface area contributed by atoms with E-state index < -0.39 is 0 Å².